The number of hydrogen-bond acceptors (Lipinski definition) is 3. The minimum absolute atomic E-state index is 0.200. The van der Waals surface area contributed by atoms with Crippen LogP contribution >= 0.6 is 11.6 Å². The molecule has 1 aromatic rings. The Balaban J connectivity index is 2.28. The molecule has 0 amide bonds. The molecule has 0 spiro atoms. The highest BCUT2D eigenvalue weighted by atomic mass is 35.5. The summed E-state index contributed by atoms with van der Waals surface area (Å²) < 4.78 is 13.4. The monoisotopic (exact) mass is 213 g/mol. The molecular weight excluding hydrogens is 205 g/mol. The van der Waals surface area contributed by atoms with Crippen LogP contribution in [-0.4, -0.2) is 12.5 Å². The Morgan fingerprint density at radius 1 is 1.57 bits per heavy atom. The zero-order valence-corrected chi connectivity index (χ0v) is 8.05. The van der Waals surface area contributed by atoms with Crippen molar-refractivity contribution in [2.24, 2.45) is 10.7 Å². The van der Waals surface area contributed by atoms with Crippen molar-refractivity contribution in [2.75, 3.05) is 6.54 Å². The SMILES string of the molecule is NC1=NCC(c2cc(Cl)ccc2F)N1. The van der Waals surface area contributed by atoms with Crippen LogP contribution in [0.5, 0.6) is 0 Å². The summed E-state index contributed by atoms with van der Waals surface area (Å²) in [6.07, 6.45) is 0. The van der Waals surface area contributed by atoms with Crippen LogP contribution in [0, 0.1) is 5.82 Å². The van der Waals surface area contributed by atoms with E-state index in [-0.39, 0.29) is 11.9 Å². The number of hydrogen-bond donors (Lipinski definition) is 2. The molecule has 0 saturated heterocycles. The van der Waals surface area contributed by atoms with Crippen LogP contribution in [0.1, 0.15) is 11.6 Å². The molecular formula is C9H9ClFN3. The summed E-state index contributed by atoms with van der Waals surface area (Å²) in [5.41, 5.74) is 5.94. The minimum Gasteiger partial charge on any atom is -0.370 e. The second kappa shape index (κ2) is 3.46. The van der Waals surface area contributed by atoms with Crippen LogP contribution in [0.25, 0.3) is 0 Å². The number of aliphatic imine (C=N–C) groups is 1. The molecule has 1 aliphatic rings. The van der Waals surface area contributed by atoms with Crippen molar-refractivity contribution in [1.82, 2.24) is 5.32 Å². The van der Waals surface area contributed by atoms with Gasteiger partial charge in [-0.15, -0.1) is 0 Å². The molecule has 74 valence electrons. The van der Waals surface area contributed by atoms with Gasteiger partial charge in [-0.25, -0.2) is 4.39 Å². The highest BCUT2D eigenvalue weighted by molar-refractivity contribution is 6.30. The fraction of sp³-hybridized carbons (Fsp3) is 0.222. The largest absolute Gasteiger partial charge is 0.370 e. The third-order valence-electron chi connectivity index (χ3n) is 2.10. The highest BCUT2D eigenvalue weighted by Gasteiger charge is 2.20. The third kappa shape index (κ3) is 1.65. The van der Waals surface area contributed by atoms with Gasteiger partial charge in [0.1, 0.15) is 5.82 Å². The lowest BCUT2D eigenvalue weighted by molar-refractivity contribution is 0.577. The molecule has 0 aromatic heterocycles. The van der Waals surface area contributed by atoms with Gasteiger partial charge >= 0.3 is 0 Å². The summed E-state index contributed by atoms with van der Waals surface area (Å²) in [5.74, 6) is 0.0474. The van der Waals surface area contributed by atoms with Gasteiger partial charge in [0, 0.05) is 10.6 Å². The number of halogens is 2. The molecule has 0 saturated carbocycles. The van der Waals surface area contributed by atoms with E-state index in [9.17, 15) is 4.39 Å². The first-order valence-corrected chi connectivity index (χ1v) is 4.56. The Labute approximate surface area is 85.8 Å². The molecule has 5 heteroatoms. The molecule has 0 bridgehead atoms. The molecule has 1 unspecified atom stereocenters. The number of nitrogens with two attached hydrogens (primary N) is 1. The van der Waals surface area contributed by atoms with Crippen LogP contribution < -0.4 is 11.1 Å². The average Bonchev–Trinajstić information content (AvgIpc) is 2.56. The summed E-state index contributed by atoms with van der Waals surface area (Å²) in [4.78, 5) is 3.94. The molecule has 0 radical (unpaired) electrons. The van der Waals surface area contributed by atoms with Gasteiger partial charge in [-0.2, -0.15) is 0 Å². The number of nitrogens with zero attached hydrogens (tertiary/aromatic N) is 1. The Morgan fingerprint density at radius 2 is 2.36 bits per heavy atom. The van der Waals surface area contributed by atoms with Crippen molar-refractivity contribution in [3.8, 4) is 0 Å². The van der Waals surface area contributed by atoms with E-state index < -0.39 is 0 Å². The molecule has 1 aliphatic heterocycles. The van der Waals surface area contributed by atoms with Gasteiger partial charge in [-0.1, -0.05) is 11.6 Å². The summed E-state index contributed by atoms with van der Waals surface area (Å²) in [6, 6.07) is 4.24. The van der Waals surface area contributed by atoms with E-state index in [1.54, 1.807) is 6.07 Å². The smallest absolute Gasteiger partial charge is 0.189 e. The van der Waals surface area contributed by atoms with E-state index in [1.807, 2.05) is 0 Å². The second-order valence-electron chi connectivity index (χ2n) is 3.09. The van der Waals surface area contributed by atoms with Gasteiger partial charge in [0.05, 0.1) is 12.6 Å². The van der Waals surface area contributed by atoms with Crippen molar-refractivity contribution >= 4 is 17.6 Å². The Hall–Kier alpha value is -1.29. The molecule has 14 heavy (non-hydrogen) atoms. The highest BCUT2D eigenvalue weighted by Crippen LogP contribution is 2.23. The molecule has 3 nitrogen and oxygen atoms in total. The molecule has 1 heterocycles. The zero-order chi connectivity index (χ0) is 10.1. The predicted octanol–water partition coefficient (Wildman–Crippen LogP) is 1.44. The number of benzene rings is 1. The minimum atomic E-state index is -0.295. The lowest BCUT2D eigenvalue weighted by Gasteiger charge is -2.11. The van der Waals surface area contributed by atoms with Gasteiger partial charge in [0.2, 0.25) is 0 Å². The standard InChI is InChI=1S/C9H9ClFN3/c10-5-1-2-7(11)6(3-5)8-4-13-9(12)14-8/h1-3,8H,4H2,(H3,12,13,14). The Morgan fingerprint density at radius 3 is 3.00 bits per heavy atom. The van der Waals surface area contributed by atoms with Crippen molar-refractivity contribution in [2.45, 2.75) is 6.04 Å². The maximum Gasteiger partial charge on any atom is 0.189 e. The maximum absolute atomic E-state index is 13.4. The predicted molar refractivity (Wildman–Crippen MR) is 53.8 cm³/mol. The summed E-state index contributed by atoms with van der Waals surface area (Å²) in [5, 5.41) is 3.38. The van der Waals surface area contributed by atoms with E-state index in [4.69, 9.17) is 17.3 Å². The molecule has 3 N–H and O–H groups in total. The average molecular weight is 214 g/mol. The van der Waals surface area contributed by atoms with E-state index in [1.165, 1.54) is 12.1 Å². The van der Waals surface area contributed by atoms with Crippen LogP contribution in [0.15, 0.2) is 23.2 Å². The fourth-order valence-corrected chi connectivity index (χ4v) is 1.60. The van der Waals surface area contributed by atoms with Gasteiger partial charge in [0.15, 0.2) is 5.96 Å². The van der Waals surface area contributed by atoms with Crippen LogP contribution in [0.3, 0.4) is 0 Å². The van der Waals surface area contributed by atoms with Gasteiger partial charge in [-0.05, 0) is 18.2 Å². The maximum atomic E-state index is 13.4. The van der Waals surface area contributed by atoms with Crippen molar-refractivity contribution in [1.29, 1.82) is 0 Å². The van der Waals surface area contributed by atoms with E-state index >= 15 is 0 Å². The second-order valence-corrected chi connectivity index (χ2v) is 3.53. The topological polar surface area (TPSA) is 50.4 Å². The van der Waals surface area contributed by atoms with E-state index in [2.05, 4.69) is 10.3 Å². The Kier molecular flexibility index (Phi) is 2.29. The van der Waals surface area contributed by atoms with Crippen molar-refractivity contribution < 1.29 is 4.39 Å². The zero-order valence-electron chi connectivity index (χ0n) is 7.30. The van der Waals surface area contributed by atoms with Crippen LogP contribution in [-0.2, 0) is 0 Å². The lowest BCUT2D eigenvalue weighted by atomic mass is 10.1. The van der Waals surface area contributed by atoms with Gasteiger partial charge < -0.3 is 11.1 Å². The summed E-state index contributed by atoms with van der Waals surface area (Å²) in [7, 11) is 0. The van der Waals surface area contributed by atoms with Gasteiger partial charge in [-0.3, -0.25) is 4.99 Å². The Bertz CT molecular complexity index is 392. The van der Waals surface area contributed by atoms with E-state index in [0.717, 1.165) is 0 Å². The van der Waals surface area contributed by atoms with Crippen molar-refractivity contribution in [3.05, 3.63) is 34.6 Å². The van der Waals surface area contributed by atoms with E-state index in [0.29, 0.717) is 23.1 Å². The third-order valence-corrected chi connectivity index (χ3v) is 2.33. The quantitative estimate of drug-likeness (QED) is 0.742. The first kappa shape index (κ1) is 9.27. The molecule has 1 atom stereocenters. The number of rotatable bonds is 1. The lowest BCUT2D eigenvalue weighted by Crippen LogP contribution is -2.30. The molecule has 2 rings (SSSR count). The number of nitrogens with one attached hydrogen (secondary N) is 1. The first-order valence-electron chi connectivity index (χ1n) is 4.18. The number of guanidine groups is 1. The fourth-order valence-electron chi connectivity index (χ4n) is 1.42. The molecule has 0 aliphatic carbocycles. The normalized spacial score (nSPS) is 20.4. The molecule has 1 aromatic carbocycles. The molecule has 0 fully saturated rings. The summed E-state index contributed by atoms with van der Waals surface area (Å²) >= 11 is 5.77. The van der Waals surface area contributed by atoms with Crippen LogP contribution in [0.2, 0.25) is 5.02 Å². The van der Waals surface area contributed by atoms with Crippen LogP contribution in [0.4, 0.5) is 4.39 Å². The summed E-state index contributed by atoms with van der Waals surface area (Å²) in [6.45, 7) is 0.448. The van der Waals surface area contributed by atoms with Crippen molar-refractivity contribution in [3.63, 3.8) is 0 Å². The van der Waals surface area contributed by atoms with Gasteiger partial charge in [0.25, 0.3) is 0 Å². The first-order chi connectivity index (χ1) is 6.66.